The first-order valence-electron chi connectivity index (χ1n) is 10.6. The van der Waals surface area contributed by atoms with Gasteiger partial charge in [0.05, 0.1) is 24.7 Å². The first kappa shape index (κ1) is 17.3. The van der Waals surface area contributed by atoms with Crippen LogP contribution in [0, 0.1) is 5.41 Å². The summed E-state index contributed by atoms with van der Waals surface area (Å²) < 4.78 is 7.83. The number of rotatable bonds is 5. The minimum Gasteiger partial charge on any atom is -0.496 e. The van der Waals surface area contributed by atoms with E-state index in [1.54, 1.807) is 7.11 Å². The third-order valence-electron chi connectivity index (χ3n) is 7.27. The average molecular weight is 390 g/mol. The second-order valence-electron chi connectivity index (χ2n) is 9.29. The Bertz CT molecular complexity index is 1100. The van der Waals surface area contributed by atoms with Crippen molar-refractivity contribution in [2.75, 3.05) is 25.5 Å². The maximum absolute atomic E-state index is 5.67. The van der Waals surface area contributed by atoms with Crippen LogP contribution in [0.3, 0.4) is 0 Å². The highest BCUT2D eigenvalue weighted by atomic mass is 16.5. The van der Waals surface area contributed by atoms with Gasteiger partial charge in [0, 0.05) is 42.4 Å². The minimum absolute atomic E-state index is 0.214. The van der Waals surface area contributed by atoms with Crippen molar-refractivity contribution in [1.82, 2.24) is 19.7 Å². The van der Waals surface area contributed by atoms with Gasteiger partial charge in [-0.1, -0.05) is 13.0 Å². The van der Waals surface area contributed by atoms with Crippen LogP contribution < -0.4 is 15.4 Å². The maximum Gasteiger partial charge on any atom is 0.140 e. The summed E-state index contributed by atoms with van der Waals surface area (Å²) in [5, 5.41) is 7.22. The molecule has 6 heteroatoms. The first-order valence-corrected chi connectivity index (χ1v) is 10.6. The Labute approximate surface area is 170 Å². The van der Waals surface area contributed by atoms with Gasteiger partial charge in [-0.25, -0.2) is 9.97 Å². The summed E-state index contributed by atoms with van der Waals surface area (Å²) in [6.07, 6.45) is 9.15. The van der Waals surface area contributed by atoms with E-state index < -0.39 is 0 Å². The molecule has 1 saturated heterocycles. The van der Waals surface area contributed by atoms with Gasteiger partial charge in [0.25, 0.3) is 0 Å². The van der Waals surface area contributed by atoms with Gasteiger partial charge in [0.2, 0.25) is 0 Å². The van der Waals surface area contributed by atoms with E-state index in [1.165, 1.54) is 31.2 Å². The van der Waals surface area contributed by atoms with E-state index in [4.69, 9.17) is 9.72 Å². The summed E-state index contributed by atoms with van der Waals surface area (Å²) in [7, 11) is 1.74. The van der Waals surface area contributed by atoms with Gasteiger partial charge < -0.3 is 15.4 Å². The summed E-state index contributed by atoms with van der Waals surface area (Å²) in [5.41, 5.74) is 4.77. The summed E-state index contributed by atoms with van der Waals surface area (Å²) in [6, 6.07) is 8.74. The van der Waals surface area contributed by atoms with Crippen molar-refractivity contribution in [1.29, 1.82) is 0 Å². The third kappa shape index (κ3) is 2.73. The number of hydrogen-bond donors (Lipinski definition) is 2. The topological polar surface area (TPSA) is 63.5 Å². The summed E-state index contributed by atoms with van der Waals surface area (Å²) in [4.78, 5) is 9.57. The molecule has 0 aromatic carbocycles. The monoisotopic (exact) mass is 389 g/mol. The number of methoxy groups -OCH3 is 1. The molecule has 150 valence electrons. The molecule has 3 aliphatic rings. The smallest absolute Gasteiger partial charge is 0.140 e. The fourth-order valence-corrected chi connectivity index (χ4v) is 4.81. The molecule has 2 aliphatic carbocycles. The molecule has 6 nitrogen and oxygen atoms in total. The molecule has 3 aromatic rings. The van der Waals surface area contributed by atoms with E-state index in [1.807, 2.05) is 12.3 Å². The van der Waals surface area contributed by atoms with Crippen LogP contribution in [0.25, 0.3) is 17.0 Å². The molecule has 1 aliphatic heterocycles. The van der Waals surface area contributed by atoms with Gasteiger partial charge in [-0.05, 0) is 43.2 Å². The molecule has 6 rings (SSSR count). The molecule has 2 N–H and O–H groups in total. The van der Waals surface area contributed by atoms with E-state index >= 15 is 0 Å². The van der Waals surface area contributed by atoms with Gasteiger partial charge >= 0.3 is 0 Å². The number of anilines is 1. The van der Waals surface area contributed by atoms with Crippen LogP contribution >= 0.6 is 0 Å². The lowest BCUT2D eigenvalue weighted by Crippen LogP contribution is -2.29. The van der Waals surface area contributed by atoms with E-state index in [9.17, 15) is 0 Å². The zero-order chi connectivity index (χ0) is 19.6. The SMILES string of the molecule is COc1cc2ncc(-c3cccc(NC4CNCC45CC5)n3)n2cc1C1(C)CC1. The van der Waals surface area contributed by atoms with Crippen LogP contribution in [0.4, 0.5) is 5.82 Å². The molecular formula is C23H27N5O. The molecule has 29 heavy (non-hydrogen) atoms. The molecule has 1 atom stereocenters. The Morgan fingerprint density at radius 1 is 1.24 bits per heavy atom. The minimum atomic E-state index is 0.214. The number of aromatic nitrogens is 3. The van der Waals surface area contributed by atoms with Gasteiger partial charge in [0.15, 0.2) is 0 Å². The molecular weight excluding hydrogens is 362 g/mol. The van der Waals surface area contributed by atoms with Gasteiger partial charge in [0.1, 0.15) is 17.2 Å². The third-order valence-corrected chi connectivity index (χ3v) is 7.27. The Morgan fingerprint density at radius 3 is 2.86 bits per heavy atom. The number of nitrogens with one attached hydrogen (secondary N) is 2. The molecule has 1 spiro atoms. The second-order valence-corrected chi connectivity index (χ2v) is 9.29. The molecule has 1 unspecified atom stereocenters. The fraction of sp³-hybridized carbons (Fsp3) is 0.478. The highest BCUT2D eigenvalue weighted by Gasteiger charge is 2.52. The number of pyridine rings is 2. The zero-order valence-corrected chi connectivity index (χ0v) is 17.0. The average Bonchev–Trinajstić information content (AvgIpc) is 3.59. The van der Waals surface area contributed by atoms with Crippen molar-refractivity contribution < 1.29 is 4.74 Å². The summed E-state index contributed by atoms with van der Waals surface area (Å²) in [6.45, 7) is 4.45. The van der Waals surface area contributed by atoms with E-state index in [2.05, 4.69) is 51.3 Å². The number of hydrogen-bond acceptors (Lipinski definition) is 5. The van der Waals surface area contributed by atoms with Crippen molar-refractivity contribution in [2.24, 2.45) is 5.41 Å². The van der Waals surface area contributed by atoms with Crippen molar-refractivity contribution in [3.8, 4) is 17.1 Å². The molecule has 0 bridgehead atoms. The normalized spacial score (nSPS) is 23.4. The van der Waals surface area contributed by atoms with Gasteiger partial charge in [-0.2, -0.15) is 0 Å². The lowest BCUT2D eigenvalue weighted by atomic mass is 9.99. The Balaban J connectivity index is 1.38. The van der Waals surface area contributed by atoms with Crippen LogP contribution in [-0.4, -0.2) is 40.6 Å². The number of fused-ring (bicyclic) bond motifs is 1. The fourth-order valence-electron chi connectivity index (χ4n) is 4.81. The highest BCUT2D eigenvalue weighted by molar-refractivity contribution is 5.64. The maximum atomic E-state index is 5.67. The van der Waals surface area contributed by atoms with Crippen LogP contribution in [0.2, 0.25) is 0 Å². The Morgan fingerprint density at radius 2 is 2.10 bits per heavy atom. The quantitative estimate of drug-likeness (QED) is 0.698. The van der Waals surface area contributed by atoms with Gasteiger partial charge in [-0.15, -0.1) is 0 Å². The predicted molar refractivity (Wildman–Crippen MR) is 114 cm³/mol. The molecule has 0 amide bonds. The Kier molecular flexibility index (Phi) is 3.55. The largest absolute Gasteiger partial charge is 0.496 e. The van der Waals surface area contributed by atoms with Crippen LogP contribution in [0.15, 0.2) is 36.7 Å². The Hall–Kier alpha value is -2.60. The van der Waals surface area contributed by atoms with Crippen molar-refractivity contribution in [2.45, 2.75) is 44.1 Å². The molecule has 3 aromatic heterocycles. The molecule has 2 saturated carbocycles. The van der Waals surface area contributed by atoms with Crippen molar-refractivity contribution >= 4 is 11.5 Å². The van der Waals surface area contributed by atoms with Crippen LogP contribution in [-0.2, 0) is 5.41 Å². The van der Waals surface area contributed by atoms with E-state index in [0.717, 1.165) is 41.7 Å². The summed E-state index contributed by atoms with van der Waals surface area (Å²) in [5.74, 6) is 1.88. The van der Waals surface area contributed by atoms with E-state index in [0.29, 0.717) is 11.5 Å². The predicted octanol–water partition coefficient (Wildman–Crippen LogP) is 3.62. The second kappa shape index (κ2) is 5.95. The molecule has 3 fully saturated rings. The van der Waals surface area contributed by atoms with Crippen LogP contribution in [0.1, 0.15) is 38.2 Å². The lowest BCUT2D eigenvalue weighted by Gasteiger charge is -2.20. The number of nitrogens with zero attached hydrogens (tertiary/aromatic N) is 3. The molecule has 4 heterocycles. The molecule has 0 radical (unpaired) electrons. The summed E-state index contributed by atoms with van der Waals surface area (Å²) >= 11 is 0. The standard InChI is InChI=1S/C23H27N5O/c1-22(6-7-22)15-13-28-17(11-25-21(28)10-18(15)29-2)16-4-3-5-20(26-16)27-19-12-24-14-23(19)8-9-23/h3-5,10-11,13,19,24H,6-9,12,14H2,1-2H3,(H,26,27). The van der Waals surface area contributed by atoms with Crippen molar-refractivity contribution in [3.05, 3.63) is 42.2 Å². The number of ether oxygens (including phenoxy) is 1. The van der Waals surface area contributed by atoms with Crippen LogP contribution in [0.5, 0.6) is 5.75 Å². The van der Waals surface area contributed by atoms with Crippen molar-refractivity contribution in [3.63, 3.8) is 0 Å². The lowest BCUT2D eigenvalue weighted by molar-refractivity contribution is 0.405. The number of imidazole rings is 1. The van der Waals surface area contributed by atoms with Gasteiger partial charge in [-0.3, -0.25) is 4.40 Å². The van der Waals surface area contributed by atoms with E-state index in [-0.39, 0.29) is 5.41 Å². The first-order chi connectivity index (χ1) is 14.1. The zero-order valence-electron chi connectivity index (χ0n) is 17.0. The highest BCUT2D eigenvalue weighted by Crippen LogP contribution is 2.52.